The number of carboxylic acids is 1. The number of benzene rings is 2. The van der Waals surface area contributed by atoms with E-state index in [-0.39, 0.29) is 5.75 Å². The number of aromatic nitrogens is 2. The van der Waals surface area contributed by atoms with Crippen LogP contribution in [-0.2, 0) is 4.79 Å². The standard InChI is InChI=1S/C13H10N2O2S/c16-11(17)7-18-13-14-10-6-5-8-3-1-2-4-9(8)12(10)15-13/h1-6H,7H2,(H,14,15)(H,16,17). The number of fused-ring (bicyclic) bond motifs is 3. The SMILES string of the molecule is O=C(O)CSc1nc2c(ccc3ccccc32)[nH]1. The lowest BCUT2D eigenvalue weighted by atomic mass is 10.1. The van der Waals surface area contributed by atoms with Crippen molar-refractivity contribution in [2.24, 2.45) is 0 Å². The summed E-state index contributed by atoms with van der Waals surface area (Å²) < 4.78 is 0. The minimum Gasteiger partial charge on any atom is -0.481 e. The van der Waals surface area contributed by atoms with E-state index in [9.17, 15) is 4.79 Å². The Morgan fingerprint density at radius 3 is 2.94 bits per heavy atom. The fourth-order valence-electron chi connectivity index (χ4n) is 1.92. The summed E-state index contributed by atoms with van der Waals surface area (Å²) in [7, 11) is 0. The molecule has 0 saturated heterocycles. The second kappa shape index (κ2) is 4.34. The molecule has 0 bridgehead atoms. The fourth-order valence-corrected chi connectivity index (χ4v) is 2.52. The van der Waals surface area contributed by atoms with Gasteiger partial charge in [0.15, 0.2) is 5.16 Å². The van der Waals surface area contributed by atoms with Crippen LogP contribution in [-0.4, -0.2) is 26.8 Å². The van der Waals surface area contributed by atoms with Crippen LogP contribution in [0.5, 0.6) is 0 Å². The van der Waals surface area contributed by atoms with Crippen molar-refractivity contribution in [2.45, 2.75) is 5.16 Å². The monoisotopic (exact) mass is 258 g/mol. The molecule has 0 atom stereocenters. The number of aliphatic carboxylic acids is 1. The first-order valence-corrected chi connectivity index (χ1v) is 6.44. The Labute approximate surface area is 107 Å². The third-order valence-electron chi connectivity index (χ3n) is 2.69. The van der Waals surface area contributed by atoms with E-state index in [1.807, 2.05) is 36.4 Å². The highest BCUT2D eigenvalue weighted by Gasteiger charge is 2.08. The van der Waals surface area contributed by atoms with Crippen molar-refractivity contribution in [1.29, 1.82) is 0 Å². The number of rotatable bonds is 3. The molecule has 0 radical (unpaired) electrons. The van der Waals surface area contributed by atoms with Crippen molar-refractivity contribution >= 4 is 39.5 Å². The number of aromatic amines is 1. The number of thioether (sulfide) groups is 1. The van der Waals surface area contributed by atoms with Gasteiger partial charge in [0.1, 0.15) is 0 Å². The fraction of sp³-hybridized carbons (Fsp3) is 0.0769. The van der Waals surface area contributed by atoms with E-state index in [2.05, 4.69) is 9.97 Å². The van der Waals surface area contributed by atoms with Gasteiger partial charge in [-0.2, -0.15) is 0 Å². The van der Waals surface area contributed by atoms with Gasteiger partial charge < -0.3 is 10.1 Å². The Bertz CT molecular complexity index is 736. The molecule has 90 valence electrons. The molecule has 0 saturated carbocycles. The molecule has 0 aliphatic heterocycles. The first-order valence-electron chi connectivity index (χ1n) is 5.46. The molecule has 1 heterocycles. The molecule has 0 amide bonds. The predicted octanol–water partition coefficient (Wildman–Crippen LogP) is 2.89. The summed E-state index contributed by atoms with van der Waals surface area (Å²) in [5, 5.41) is 11.5. The minimum absolute atomic E-state index is 0.0117. The van der Waals surface area contributed by atoms with E-state index >= 15 is 0 Å². The van der Waals surface area contributed by atoms with Crippen LogP contribution in [0.1, 0.15) is 0 Å². The normalized spacial score (nSPS) is 11.1. The van der Waals surface area contributed by atoms with E-state index in [0.29, 0.717) is 5.16 Å². The summed E-state index contributed by atoms with van der Waals surface area (Å²) in [4.78, 5) is 18.1. The number of hydrogen-bond donors (Lipinski definition) is 2. The third kappa shape index (κ3) is 1.93. The molecule has 0 spiro atoms. The van der Waals surface area contributed by atoms with Crippen LogP contribution in [0.15, 0.2) is 41.6 Å². The number of nitrogens with zero attached hydrogens (tertiary/aromatic N) is 1. The zero-order valence-corrected chi connectivity index (χ0v) is 10.2. The lowest BCUT2D eigenvalue weighted by Crippen LogP contribution is -1.97. The van der Waals surface area contributed by atoms with Crippen molar-refractivity contribution in [1.82, 2.24) is 9.97 Å². The molecule has 2 N–H and O–H groups in total. The maximum absolute atomic E-state index is 10.5. The van der Waals surface area contributed by atoms with Crippen molar-refractivity contribution in [2.75, 3.05) is 5.75 Å². The highest BCUT2D eigenvalue weighted by Crippen LogP contribution is 2.26. The number of hydrogen-bond acceptors (Lipinski definition) is 3. The number of carbonyl (C=O) groups is 1. The van der Waals surface area contributed by atoms with Crippen molar-refractivity contribution in [3.8, 4) is 0 Å². The smallest absolute Gasteiger partial charge is 0.313 e. The van der Waals surface area contributed by atoms with Gasteiger partial charge in [-0.05, 0) is 11.5 Å². The molecule has 0 aliphatic carbocycles. The summed E-state index contributed by atoms with van der Waals surface area (Å²) >= 11 is 1.20. The summed E-state index contributed by atoms with van der Waals surface area (Å²) in [5.41, 5.74) is 1.82. The maximum atomic E-state index is 10.5. The van der Waals surface area contributed by atoms with Crippen LogP contribution in [0.2, 0.25) is 0 Å². The van der Waals surface area contributed by atoms with Crippen LogP contribution in [0.25, 0.3) is 21.8 Å². The van der Waals surface area contributed by atoms with Gasteiger partial charge in [0.25, 0.3) is 0 Å². The Hall–Kier alpha value is -2.01. The second-order valence-corrected chi connectivity index (χ2v) is 4.87. The number of H-pyrrole nitrogens is 1. The minimum atomic E-state index is -0.842. The summed E-state index contributed by atoms with van der Waals surface area (Å²) in [5.74, 6) is -0.831. The summed E-state index contributed by atoms with van der Waals surface area (Å²) in [6, 6.07) is 12.0. The van der Waals surface area contributed by atoms with E-state index in [1.165, 1.54) is 11.8 Å². The average Bonchev–Trinajstić information content (AvgIpc) is 2.79. The van der Waals surface area contributed by atoms with Crippen LogP contribution >= 0.6 is 11.8 Å². The van der Waals surface area contributed by atoms with Crippen molar-refractivity contribution in [3.05, 3.63) is 36.4 Å². The molecule has 3 rings (SSSR count). The van der Waals surface area contributed by atoms with Gasteiger partial charge >= 0.3 is 5.97 Å². The molecule has 1 aromatic heterocycles. The Balaban J connectivity index is 2.11. The first kappa shape index (κ1) is 11.1. The van der Waals surface area contributed by atoms with Gasteiger partial charge in [-0.25, -0.2) is 4.98 Å². The zero-order chi connectivity index (χ0) is 12.5. The van der Waals surface area contributed by atoms with Gasteiger partial charge in [0.2, 0.25) is 0 Å². The lowest BCUT2D eigenvalue weighted by molar-refractivity contribution is -0.133. The molecular weight excluding hydrogens is 248 g/mol. The number of carboxylic acid groups (broad SMARTS) is 1. The second-order valence-electron chi connectivity index (χ2n) is 3.91. The first-order chi connectivity index (χ1) is 8.74. The van der Waals surface area contributed by atoms with E-state index in [4.69, 9.17) is 5.11 Å². The molecule has 0 unspecified atom stereocenters. The van der Waals surface area contributed by atoms with Gasteiger partial charge in [-0.1, -0.05) is 42.1 Å². The summed E-state index contributed by atoms with van der Waals surface area (Å²) in [6.45, 7) is 0. The maximum Gasteiger partial charge on any atom is 0.313 e. The van der Waals surface area contributed by atoms with E-state index in [0.717, 1.165) is 21.8 Å². The number of nitrogens with one attached hydrogen (secondary N) is 1. The molecule has 0 aliphatic rings. The topological polar surface area (TPSA) is 66.0 Å². The summed E-state index contributed by atoms with van der Waals surface area (Å²) in [6.07, 6.45) is 0. The molecule has 3 aromatic rings. The van der Waals surface area contributed by atoms with Crippen LogP contribution in [0, 0.1) is 0 Å². The highest BCUT2D eigenvalue weighted by molar-refractivity contribution is 7.99. The van der Waals surface area contributed by atoms with Crippen molar-refractivity contribution in [3.63, 3.8) is 0 Å². The quantitative estimate of drug-likeness (QED) is 0.709. The van der Waals surface area contributed by atoms with Crippen LogP contribution in [0.4, 0.5) is 0 Å². The van der Waals surface area contributed by atoms with E-state index in [1.54, 1.807) is 0 Å². The molecule has 18 heavy (non-hydrogen) atoms. The van der Waals surface area contributed by atoms with Crippen LogP contribution < -0.4 is 0 Å². The Morgan fingerprint density at radius 2 is 2.11 bits per heavy atom. The number of imidazole rings is 1. The van der Waals surface area contributed by atoms with Gasteiger partial charge in [0.05, 0.1) is 16.8 Å². The predicted molar refractivity (Wildman–Crippen MR) is 72.0 cm³/mol. The Morgan fingerprint density at radius 1 is 1.28 bits per heavy atom. The lowest BCUT2D eigenvalue weighted by Gasteiger charge is -1.96. The molecule has 5 heteroatoms. The largest absolute Gasteiger partial charge is 0.481 e. The van der Waals surface area contributed by atoms with Gasteiger partial charge in [0, 0.05) is 5.39 Å². The average molecular weight is 258 g/mol. The van der Waals surface area contributed by atoms with Crippen LogP contribution in [0.3, 0.4) is 0 Å². The zero-order valence-electron chi connectivity index (χ0n) is 9.38. The molecular formula is C13H10N2O2S. The van der Waals surface area contributed by atoms with Gasteiger partial charge in [-0.15, -0.1) is 0 Å². The molecule has 4 nitrogen and oxygen atoms in total. The van der Waals surface area contributed by atoms with Gasteiger partial charge in [-0.3, -0.25) is 4.79 Å². The highest BCUT2D eigenvalue weighted by atomic mass is 32.2. The molecule has 0 fully saturated rings. The third-order valence-corrected chi connectivity index (χ3v) is 3.55. The van der Waals surface area contributed by atoms with E-state index < -0.39 is 5.97 Å². The molecule has 2 aromatic carbocycles. The van der Waals surface area contributed by atoms with Crippen molar-refractivity contribution < 1.29 is 9.90 Å². The Kier molecular flexibility index (Phi) is 2.68.